The first-order valence-corrected chi connectivity index (χ1v) is 12.5. The van der Waals surface area contributed by atoms with Gasteiger partial charge < -0.3 is 30.6 Å². The molecule has 2 unspecified atom stereocenters. The van der Waals surface area contributed by atoms with Crippen molar-refractivity contribution in [1.29, 1.82) is 0 Å². The Morgan fingerprint density at radius 2 is 0.882 bits per heavy atom. The summed E-state index contributed by atoms with van der Waals surface area (Å²) >= 11 is 0. The van der Waals surface area contributed by atoms with Gasteiger partial charge >= 0.3 is 0 Å². The molecule has 2 aromatic carbocycles. The highest BCUT2D eigenvalue weighted by molar-refractivity contribution is 7.86. The second kappa shape index (κ2) is 14.4. The van der Waals surface area contributed by atoms with E-state index in [0.29, 0.717) is 11.1 Å². The van der Waals surface area contributed by atoms with Crippen LogP contribution in [0, 0.1) is 13.8 Å². The molecule has 0 radical (unpaired) electrons. The van der Waals surface area contributed by atoms with Crippen LogP contribution in [0.3, 0.4) is 0 Å². The molecule has 0 saturated carbocycles. The zero-order valence-electron chi connectivity index (χ0n) is 18.5. The molecule has 12 nitrogen and oxygen atoms in total. The van der Waals surface area contributed by atoms with Gasteiger partial charge in [0.15, 0.2) is 0 Å². The lowest BCUT2D eigenvalue weighted by Gasteiger charge is -2.22. The molecular weight excluding hydrogens is 496 g/mol. The van der Waals surface area contributed by atoms with Crippen molar-refractivity contribution in [3.05, 3.63) is 58.7 Å². The van der Waals surface area contributed by atoms with Crippen molar-refractivity contribution in [1.82, 2.24) is 0 Å². The molecule has 0 bridgehead atoms. The van der Waals surface area contributed by atoms with Crippen LogP contribution in [0.1, 0.15) is 34.5 Å². The molecule has 0 spiro atoms. The van der Waals surface area contributed by atoms with Gasteiger partial charge in [-0.1, -0.05) is 35.4 Å². The van der Waals surface area contributed by atoms with Crippen LogP contribution in [-0.4, -0.2) is 83.0 Å². The molecule has 14 heteroatoms. The van der Waals surface area contributed by atoms with Gasteiger partial charge in [-0.2, -0.15) is 16.8 Å². The number of aliphatic hydroxyl groups is 6. The Labute approximate surface area is 197 Å². The molecule has 0 aromatic heterocycles. The Morgan fingerprint density at radius 1 is 0.618 bits per heavy atom. The lowest BCUT2D eigenvalue weighted by molar-refractivity contribution is 0.0137. The molecule has 194 valence electrons. The topological polar surface area (TPSA) is 230 Å². The van der Waals surface area contributed by atoms with Crippen molar-refractivity contribution in [3.63, 3.8) is 0 Å². The number of aryl methyl sites for hydroxylation is 2. The highest BCUT2D eigenvalue weighted by Crippen LogP contribution is 2.36. The third-order valence-electron chi connectivity index (χ3n) is 4.02. The summed E-state index contributed by atoms with van der Waals surface area (Å²) in [7, 11) is -9.39. The normalized spacial score (nSPS) is 13.1. The maximum atomic E-state index is 11.5. The predicted molar refractivity (Wildman–Crippen MR) is 120 cm³/mol. The Balaban J connectivity index is 0.00000118. The molecule has 0 fully saturated rings. The van der Waals surface area contributed by atoms with E-state index in [0.717, 1.165) is 12.1 Å². The van der Waals surface area contributed by atoms with Crippen LogP contribution in [0.25, 0.3) is 0 Å². The summed E-state index contributed by atoms with van der Waals surface area (Å²) in [6, 6.07) is 7.41. The van der Waals surface area contributed by atoms with E-state index in [4.69, 9.17) is 20.4 Å². The van der Waals surface area contributed by atoms with Crippen molar-refractivity contribution in [3.8, 4) is 0 Å². The second-order valence-corrected chi connectivity index (χ2v) is 9.60. The first-order chi connectivity index (χ1) is 15.6. The van der Waals surface area contributed by atoms with Crippen LogP contribution in [0.5, 0.6) is 0 Å². The lowest BCUT2D eigenvalue weighted by atomic mass is 9.96. The largest absolute Gasteiger partial charge is 0.394 e. The molecule has 0 aliphatic rings. The minimum Gasteiger partial charge on any atom is -0.394 e. The van der Waals surface area contributed by atoms with E-state index in [-0.39, 0.29) is 37.6 Å². The van der Waals surface area contributed by atoms with Gasteiger partial charge in [-0.25, -0.2) is 0 Å². The Hall–Kier alpha value is -1.98. The van der Waals surface area contributed by atoms with Crippen LogP contribution >= 0.6 is 0 Å². The van der Waals surface area contributed by atoms with Crippen LogP contribution in [0.15, 0.2) is 46.2 Å². The van der Waals surface area contributed by atoms with Gasteiger partial charge in [0, 0.05) is 11.1 Å². The number of rotatable bonds is 7. The van der Waals surface area contributed by atoms with Gasteiger partial charge in [-0.3, -0.25) is 9.11 Å². The number of aliphatic hydroxyl groups excluding tert-OH is 6. The summed E-state index contributed by atoms with van der Waals surface area (Å²) in [6.45, 7) is 2.71. The fourth-order valence-corrected chi connectivity index (χ4v) is 4.04. The zero-order chi connectivity index (χ0) is 26.7. The first-order valence-electron chi connectivity index (χ1n) is 9.61. The van der Waals surface area contributed by atoms with E-state index >= 15 is 0 Å². The monoisotopic (exact) mass is 526 g/mol. The second-order valence-electron chi connectivity index (χ2n) is 6.82. The average Bonchev–Trinajstić information content (AvgIpc) is 2.76. The van der Waals surface area contributed by atoms with E-state index in [1.165, 1.54) is 24.3 Å². The molecule has 0 amide bonds. The van der Waals surface area contributed by atoms with Crippen molar-refractivity contribution in [2.24, 2.45) is 0 Å². The third-order valence-corrected chi connectivity index (χ3v) is 5.88. The molecule has 8 N–H and O–H groups in total. The quantitative estimate of drug-likeness (QED) is 0.214. The molecule has 0 aliphatic carbocycles. The van der Waals surface area contributed by atoms with Gasteiger partial charge in [0.2, 0.25) is 0 Å². The van der Waals surface area contributed by atoms with E-state index < -0.39 is 42.2 Å². The van der Waals surface area contributed by atoms with Gasteiger partial charge in [0.25, 0.3) is 20.2 Å². The van der Waals surface area contributed by atoms with Crippen LogP contribution in [-0.2, 0) is 20.2 Å². The number of hydrogen-bond acceptors (Lipinski definition) is 10. The van der Waals surface area contributed by atoms with Gasteiger partial charge in [-0.15, -0.1) is 0 Å². The van der Waals surface area contributed by atoms with E-state index in [9.17, 15) is 36.2 Å². The van der Waals surface area contributed by atoms with Crippen molar-refractivity contribution >= 4 is 20.2 Å². The van der Waals surface area contributed by atoms with Crippen LogP contribution in [0.4, 0.5) is 0 Å². The van der Waals surface area contributed by atoms with Crippen LogP contribution in [0.2, 0.25) is 0 Å². The van der Waals surface area contributed by atoms with E-state index in [2.05, 4.69) is 0 Å². The Morgan fingerprint density at radius 3 is 1.09 bits per heavy atom. The highest BCUT2D eigenvalue weighted by atomic mass is 32.2. The lowest BCUT2D eigenvalue weighted by Crippen LogP contribution is -2.17. The maximum Gasteiger partial charge on any atom is 0.294 e. The van der Waals surface area contributed by atoms with Gasteiger partial charge in [0.1, 0.15) is 12.2 Å². The summed E-state index contributed by atoms with van der Waals surface area (Å²) in [6.07, 6.45) is -3.76. The molecule has 0 aliphatic heterocycles. The summed E-state index contributed by atoms with van der Waals surface area (Å²) in [5.41, 5.74) is 0.473. The Bertz CT molecular complexity index is 1020. The SMILES string of the molecule is Cc1ccc(S(=O)(=O)O)c(C(O)C(O)c2cc(C)ccc2S(=O)(=O)O)c1.OCCO.OCCO. The fourth-order valence-electron chi connectivity index (χ4n) is 2.61. The standard InChI is InChI=1S/C16H18O8S2.2C2H6O2/c1-9-3-5-13(25(19,20)21)11(7-9)15(17)16(18)12-8-10(2)4-6-14(12)26(22,23)24;2*3-1-2-4/h3-8,15-18H,1-2H3,(H,19,20,21)(H,22,23,24);2*3-4H,1-2H2. The minimum absolute atomic E-state index is 0.125. The first kappa shape index (κ1) is 32.0. The number of benzene rings is 2. The molecule has 0 saturated heterocycles. The summed E-state index contributed by atoms with van der Waals surface area (Å²) in [4.78, 5) is -1.23. The molecule has 2 atom stereocenters. The van der Waals surface area contributed by atoms with Crippen molar-refractivity contribution < 1.29 is 56.6 Å². The van der Waals surface area contributed by atoms with E-state index in [1.54, 1.807) is 13.8 Å². The number of hydrogen-bond donors (Lipinski definition) is 8. The van der Waals surface area contributed by atoms with Gasteiger partial charge in [0.05, 0.1) is 36.2 Å². The minimum atomic E-state index is -4.70. The predicted octanol–water partition coefficient (Wildman–Crippen LogP) is -0.494. The summed E-state index contributed by atoms with van der Waals surface area (Å²) in [5, 5.41) is 51.5. The zero-order valence-corrected chi connectivity index (χ0v) is 20.1. The fraction of sp³-hybridized carbons (Fsp3) is 0.400. The summed E-state index contributed by atoms with van der Waals surface area (Å²) in [5.74, 6) is 0. The average molecular weight is 527 g/mol. The molecule has 34 heavy (non-hydrogen) atoms. The van der Waals surface area contributed by atoms with Crippen molar-refractivity contribution in [2.75, 3.05) is 26.4 Å². The molecule has 2 rings (SSSR count). The summed E-state index contributed by atoms with van der Waals surface area (Å²) < 4.78 is 64.8. The highest BCUT2D eigenvalue weighted by Gasteiger charge is 2.30. The maximum absolute atomic E-state index is 11.5. The van der Waals surface area contributed by atoms with E-state index in [1.807, 2.05) is 0 Å². The smallest absolute Gasteiger partial charge is 0.294 e. The molecule has 0 heterocycles. The van der Waals surface area contributed by atoms with Crippen LogP contribution < -0.4 is 0 Å². The van der Waals surface area contributed by atoms with Gasteiger partial charge in [-0.05, 0) is 26.0 Å². The molecular formula is C20H30O12S2. The molecule has 2 aromatic rings. The Kier molecular flexibility index (Phi) is 13.6. The third kappa shape index (κ3) is 10.1. The van der Waals surface area contributed by atoms with Crippen molar-refractivity contribution in [2.45, 2.75) is 35.8 Å².